The molecule has 1 aromatic heterocycles. The third-order valence-electron chi connectivity index (χ3n) is 6.85. The average Bonchev–Trinajstić information content (AvgIpc) is 2.70. The van der Waals surface area contributed by atoms with Crippen molar-refractivity contribution in [3.63, 3.8) is 0 Å². The first-order chi connectivity index (χ1) is 13.9. The molecule has 2 heterocycles. The van der Waals surface area contributed by atoms with Crippen LogP contribution in [0.5, 0.6) is 0 Å². The van der Waals surface area contributed by atoms with Crippen LogP contribution < -0.4 is 10.9 Å². The van der Waals surface area contributed by atoms with Crippen LogP contribution in [0.15, 0.2) is 15.0 Å². The Bertz CT molecular complexity index is 801. The quantitative estimate of drug-likeness (QED) is 0.422. The van der Waals surface area contributed by atoms with Gasteiger partial charge >= 0.3 is 0 Å². The number of aliphatic hydroxyl groups excluding tert-OH is 1. The predicted octanol–water partition coefficient (Wildman–Crippen LogP) is 3.58. The molecule has 0 saturated carbocycles. The van der Waals surface area contributed by atoms with Gasteiger partial charge in [0.15, 0.2) is 0 Å². The van der Waals surface area contributed by atoms with Crippen molar-refractivity contribution in [1.82, 2.24) is 10.0 Å². The number of hydrogen-bond acceptors (Lipinski definition) is 6. The molecule has 0 amide bonds. The maximum atomic E-state index is 16.2. The summed E-state index contributed by atoms with van der Waals surface area (Å²) < 4.78 is 20.4. The van der Waals surface area contributed by atoms with Crippen molar-refractivity contribution in [3.05, 3.63) is 27.4 Å². The maximum Gasteiger partial charge on any atom is 0.145 e. The van der Waals surface area contributed by atoms with Crippen LogP contribution >= 0.6 is 15.9 Å². The Morgan fingerprint density at radius 3 is 2.43 bits per heavy atom. The Labute approximate surface area is 191 Å². The Balaban J connectivity index is 2.79. The number of aromatic nitrogens is 1. The highest BCUT2D eigenvalue weighted by Crippen LogP contribution is 2.42. The van der Waals surface area contributed by atoms with Crippen LogP contribution in [-0.2, 0) is 15.4 Å². The van der Waals surface area contributed by atoms with E-state index < -0.39 is 34.4 Å². The summed E-state index contributed by atoms with van der Waals surface area (Å²) in [5.74, 6) is -0.310. The van der Waals surface area contributed by atoms with Gasteiger partial charge in [0.2, 0.25) is 0 Å². The van der Waals surface area contributed by atoms with E-state index in [1.165, 1.54) is 0 Å². The molecule has 172 valence electrons. The van der Waals surface area contributed by atoms with Gasteiger partial charge in [0.05, 0.1) is 37.0 Å². The minimum Gasteiger partial charge on any atom is -0.785 e. The fraction of sp³-hybridized carbons (Fsp3) is 0.750. The van der Waals surface area contributed by atoms with Crippen LogP contribution in [0.4, 0.5) is 4.39 Å². The molecule has 30 heavy (non-hydrogen) atoms. The molecular formula is C20H35BrFN4O2SSi-. The molecule has 10 heteroatoms. The van der Waals surface area contributed by atoms with E-state index in [9.17, 15) is 10.3 Å². The lowest BCUT2D eigenvalue weighted by Gasteiger charge is -2.58. The van der Waals surface area contributed by atoms with Gasteiger partial charge in [-0.1, -0.05) is 49.6 Å². The van der Waals surface area contributed by atoms with Crippen molar-refractivity contribution in [2.45, 2.75) is 75.3 Å². The number of hydrogen-bond donors (Lipinski definition) is 2. The summed E-state index contributed by atoms with van der Waals surface area (Å²) >= 11 is 3.50. The molecule has 2 rings (SSSR count). The van der Waals surface area contributed by atoms with Crippen LogP contribution in [0.2, 0.25) is 18.1 Å². The van der Waals surface area contributed by atoms with Gasteiger partial charge in [-0.15, -0.1) is 0 Å². The molecule has 3 atom stereocenters. The van der Waals surface area contributed by atoms with Gasteiger partial charge < -0.3 is 21.1 Å². The summed E-state index contributed by atoms with van der Waals surface area (Å²) in [5, 5.41) is 23.4. The number of nitrogens with zero attached hydrogens (tertiary/aromatic N) is 3. The second-order valence-corrected chi connectivity index (χ2v) is 17.1. The molecule has 1 saturated heterocycles. The van der Waals surface area contributed by atoms with Crippen molar-refractivity contribution in [2.24, 2.45) is 10.1 Å². The van der Waals surface area contributed by atoms with E-state index in [4.69, 9.17) is 5.73 Å². The first-order valence-electron chi connectivity index (χ1n) is 10.5. The van der Waals surface area contributed by atoms with Gasteiger partial charge in [-0.3, -0.25) is 4.36 Å². The highest BCUT2D eigenvalue weighted by molar-refractivity contribution is 9.10. The van der Waals surface area contributed by atoms with Crippen molar-refractivity contribution < 1.29 is 9.50 Å². The Morgan fingerprint density at radius 1 is 1.37 bits per heavy atom. The number of halogens is 2. The molecule has 0 bridgehead atoms. The van der Waals surface area contributed by atoms with E-state index in [0.29, 0.717) is 4.60 Å². The summed E-state index contributed by atoms with van der Waals surface area (Å²) in [5.41, 5.74) is 5.95. The normalized spacial score (nSPS) is 27.6. The SMILES string of the molecule is CC[Si](CC)(CC)c1cc(Br)nc([C@@]2(C)CN([O-])C(C)(C)C(N)S2=NCCO)c1F. The van der Waals surface area contributed by atoms with E-state index in [1.807, 2.05) is 13.0 Å². The zero-order valence-corrected chi connectivity index (χ0v) is 22.2. The Hall–Kier alpha value is -0.233. The van der Waals surface area contributed by atoms with Gasteiger partial charge in [0.25, 0.3) is 0 Å². The first kappa shape index (κ1) is 26.0. The van der Waals surface area contributed by atoms with Crippen LogP contribution in [0.3, 0.4) is 0 Å². The van der Waals surface area contributed by atoms with Gasteiger partial charge in [-0.25, -0.2) is 9.37 Å². The third kappa shape index (κ3) is 4.33. The standard InChI is InChI=1S/C20H35BrFN4O2SSi/c1-7-30(8-2,9-3)14-12-15(21)25-17(16(14)22)20(6)13-26(28)19(4,5)18(23)29(20)24-10-11-27/h12,18,27H,7-11,13,23H2,1-6H3/q-1/t18?,20-,29?/m1/s1. The zero-order valence-electron chi connectivity index (χ0n) is 18.8. The molecule has 1 aromatic rings. The Kier molecular flexibility index (Phi) is 8.43. The fourth-order valence-electron chi connectivity index (χ4n) is 4.33. The third-order valence-corrected chi connectivity index (χ3v) is 15.6. The molecule has 0 aliphatic carbocycles. The van der Waals surface area contributed by atoms with E-state index in [-0.39, 0.29) is 31.2 Å². The minimum absolute atomic E-state index is 0.0461. The van der Waals surface area contributed by atoms with Crippen LogP contribution in [-0.4, -0.2) is 53.8 Å². The number of aliphatic hydroxyl groups is 1. The highest BCUT2D eigenvalue weighted by Gasteiger charge is 2.50. The topological polar surface area (TPSA) is 97.8 Å². The van der Waals surface area contributed by atoms with Crippen molar-refractivity contribution in [3.8, 4) is 0 Å². The number of nitrogens with two attached hydrogens (primary N) is 1. The molecule has 0 spiro atoms. The molecular weight excluding hydrogens is 487 g/mol. The second-order valence-electron chi connectivity index (χ2n) is 8.73. The Morgan fingerprint density at radius 2 is 1.93 bits per heavy atom. The fourth-order valence-corrected chi connectivity index (χ4v) is 11.1. The lowest BCUT2D eigenvalue weighted by molar-refractivity contribution is 0.148. The minimum atomic E-state index is -2.04. The number of hydroxylamine groups is 2. The zero-order chi connectivity index (χ0) is 22.9. The summed E-state index contributed by atoms with van der Waals surface area (Å²) in [6, 6.07) is 4.63. The van der Waals surface area contributed by atoms with E-state index in [0.717, 1.165) is 28.4 Å². The number of pyridine rings is 1. The first-order valence-corrected chi connectivity index (χ1v) is 15.2. The van der Waals surface area contributed by atoms with Crippen LogP contribution in [0.1, 0.15) is 47.2 Å². The molecule has 1 fully saturated rings. The lowest BCUT2D eigenvalue weighted by Crippen LogP contribution is -2.67. The molecule has 1 aliphatic heterocycles. The lowest BCUT2D eigenvalue weighted by atomic mass is 9.99. The molecule has 2 unspecified atom stereocenters. The van der Waals surface area contributed by atoms with Gasteiger partial charge in [-0.05, 0) is 48.0 Å². The smallest absolute Gasteiger partial charge is 0.145 e. The predicted molar refractivity (Wildman–Crippen MR) is 130 cm³/mol. The summed E-state index contributed by atoms with van der Waals surface area (Å²) in [6.07, 6.45) is 0. The van der Waals surface area contributed by atoms with E-state index in [1.54, 1.807) is 13.8 Å². The van der Waals surface area contributed by atoms with Crippen molar-refractivity contribution in [1.29, 1.82) is 0 Å². The van der Waals surface area contributed by atoms with E-state index >= 15 is 4.39 Å². The summed E-state index contributed by atoms with van der Waals surface area (Å²) in [7, 11) is -2.94. The number of rotatable bonds is 7. The van der Waals surface area contributed by atoms with Crippen LogP contribution in [0.25, 0.3) is 0 Å². The summed E-state index contributed by atoms with van der Waals surface area (Å²) in [6.45, 7) is 11.9. The summed E-state index contributed by atoms with van der Waals surface area (Å²) in [4.78, 5) is 4.55. The molecule has 3 N–H and O–H groups in total. The maximum absolute atomic E-state index is 16.2. The monoisotopic (exact) mass is 521 g/mol. The highest BCUT2D eigenvalue weighted by atomic mass is 79.9. The average molecular weight is 523 g/mol. The molecule has 0 aromatic carbocycles. The largest absolute Gasteiger partial charge is 0.785 e. The molecule has 1 aliphatic rings. The van der Waals surface area contributed by atoms with Gasteiger partial charge in [0.1, 0.15) is 10.4 Å². The van der Waals surface area contributed by atoms with Crippen LogP contribution in [0, 0.1) is 11.0 Å². The molecule has 0 radical (unpaired) electrons. The van der Waals surface area contributed by atoms with Gasteiger partial charge in [0, 0.05) is 12.1 Å². The van der Waals surface area contributed by atoms with Gasteiger partial charge in [-0.2, -0.15) is 0 Å². The van der Waals surface area contributed by atoms with E-state index in [2.05, 4.69) is 46.0 Å². The second kappa shape index (κ2) is 9.72. The molecule has 6 nitrogen and oxygen atoms in total. The van der Waals surface area contributed by atoms with Crippen molar-refractivity contribution >= 4 is 39.9 Å². The van der Waals surface area contributed by atoms with Crippen molar-refractivity contribution in [2.75, 3.05) is 19.7 Å².